The van der Waals surface area contributed by atoms with E-state index in [1.54, 1.807) is 24.3 Å². The van der Waals surface area contributed by atoms with Gasteiger partial charge in [-0.25, -0.2) is 0 Å². The van der Waals surface area contributed by atoms with Crippen LogP contribution in [0.2, 0.25) is 0 Å². The van der Waals surface area contributed by atoms with Crippen molar-refractivity contribution in [3.63, 3.8) is 0 Å². The molecule has 4 rings (SSSR count). The number of rotatable bonds is 22. The number of aromatic hydroxyl groups is 2. The standard InChI is InChI=1S/C42H50O11/c1-3-5-7-25-51-35-21-13-31(14-22-35)41(37(47)27-43,39(49)29-9-17-33(45)18-10-29)53-42(38(48)28-44,40(50)30-11-19-34(46)20-12-30)32-15-23-36(24-16-32)52-26-8-6-4-2/h9-24,37-38,43-48H,3-8,25-28H2,1-2H3. The molecule has 4 atom stereocenters. The van der Waals surface area contributed by atoms with E-state index >= 15 is 0 Å². The minimum Gasteiger partial charge on any atom is -0.508 e. The maximum Gasteiger partial charge on any atom is 0.202 e. The Balaban J connectivity index is 2.00. The van der Waals surface area contributed by atoms with E-state index in [9.17, 15) is 40.2 Å². The number of carbonyl (C=O) groups excluding carboxylic acids is 2. The summed E-state index contributed by atoms with van der Waals surface area (Å²) in [6.07, 6.45) is 1.46. The Hall–Kier alpha value is -4.78. The monoisotopic (exact) mass is 730 g/mol. The molecule has 53 heavy (non-hydrogen) atoms. The molecule has 284 valence electrons. The fourth-order valence-electron chi connectivity index (χ4n) is 6.14. The number of ether oxygens (including phenoxy) is 3. The zero-order chi connectivity index (χ0) is 38.4. The molecule has 4 aromatic carbocycles. The first-order valence-electron chi connectivity index (χ1n) is 18.0. The lowest BCUT2D eigenvalue weighted by molar-refractivity contribution is -0.210. The number of aliphatic hydroxyl groups excluding tert-OH is 4. The summed E-state index contributed by atoms with van der Waals surface area (Å²) in [5.74, 6) is -1.26. The first-order valence-corrected chi connectivity index (χ1v) is 18.0. The maximum atomic E-state index is 14.9. The van der Waals surface area contributed by atoms with Gasteiger partial charge in [0, 0.05) is 11.1 Å². The van der Waals surface area contributed by atoms with Gasteiger partial charge in [-0.1, -0.05) is 63.8 Å². The van der Waals surface area contributed by atoms with Crippen molar-refractivity contribution in [3.05, 3.63) is 119 Å². The Morgan fingerprint density at radius 2 is 0.887 bits per heavy atom. The second-order valence-electron chi connectivity index (χ2n) is 12.9. The van der Waals surface area contributed by atoms with Crippen LogP contribution in [0.1, 0.15) is 84.2 Å². The summed E-state index contributed by atoms with van der Waals surface area (Å²) in [6.45, 7) is 2.94. The topological polar surface area (TPSA) is 183 Å². The zero-order valence-electron chi connectivity index (χ0n) is 30.2. The number of phenolic OH excluding ortho intramolecular Hbond substituents is 2. The number of carbonyl (C=O) groups is 2. The van der Waals surface area contributed by atoms with Gasteiger partial charge in [-0.15, -0.1) is 0 Å². The van der Waals surface area contributed by atoms with Gasteiger partial charge in [0.25, 0.3) is 0 Å². The predicted molar refractivity (Wildman–Crippen MR) is 198 cm³/mol. The lowest BCUT2D eigenvalue weighted by Gasteiger charge is -2.46. The van der Waals surface area contributed by atoms with E-state index in [1.807, 2.05) is 0 Å². The van der Waals surface area contributed by atoms with Crippen molar-refractivity contribution in [2.24, 2.45) is 0 Å². The molecule has 0 fully saturated rings. The fourth-order valence-corrected chi connectivity index (χ4v) is 6.14. The highest BCUT2D eigenvalue weighted by atomic mass is 16.6. The molecule has 4 unspecified atom stereocenters. The summed E-state index contributed by atoms with van der Waals surface area (Å²) in [5, 5.41) is 64.9. The number of Topliss-reactive ketones (excluding diaryl/α,β-unsaturated/α-hetero) is 2. The first-order chi connectivity index (χ1) is 25.6. The van der Waals surface area contributed by atoms with Crippen LogP contribution in [0.4, 0.5) is 0 Å². The van der Waals surface area contributed by atoms with E-state index in [2.05, 4.69) is 13.8 Å². The molecule has 0 amide bonds. The molecule has 0 aliphatic rings. The lowest BCUT2D eigenvalue weighted by atomic mass is 9.76. The van der Waals surface area contributed by atoms with Crippen LogP contribution >= 0.6 is 0 Å². The first kappa shape index (κ1) is 41.0. The summed E-state index contributed by atoms with van der Waals surface area (Å²) in [4.78, 5) is 29.9. The third-order valence-electron chi connectivity index (χ3n) is 9.14. The Kier molecular flexibility index (Phi) is 15.0. The van der Waals surface area contributed by atoms with Gasteiger partial charge in [-0.05, 0) is 96.8 Å². The van der Waals surface area contributed by atoms with Crippen LogP contribution in [0, 0.1) is 0 Å². The van der Waals surface area contributed by atoms with E-state index in [4.69, 9.17) is 14.2 Å². The lowest BCUT2D eigenvalue weighted by Crippen LogP contribution is -2.61. The SMILES string of the molecule is CCCCCOc1ccc(C(OC(C(=O)c2ccc(O)cc2)(c2ccc(OCCCCC)cc2)C(O)CO)(C(=O)c2ccc(O)cc2)C(O)CO)cc1. The van der Waals surface area contributed by atoms with Gasteiger partial charge in [-0.2, -0.15) is 0 Å². The number of aliphatic hydroxyl groups is 4. The minimum absolute atomic E-state index is 0.0121. The third-order valence-corrected chi connectivity index (χ3v) is 9.14. The Bertz CT molecular complexity index is 1590. The van der Waals surface area contributed by atoms with Crippen molar-refractivity contribution in [2.75, 3.05) is 26.4 Å². The molecule has 0 spiro atoms. The molecule has 0 saturated carbocycles. The highest BCUT2D eigenvalue weighted by Crippen LogP contribution is 2.46. The highest BCUT2D eigenvalue weighted by molar-refractivity contribution is 6.06. The molecule has 0 aliphatic heterocycles. The molecule has 0 radical (unpaired) electrons. The summed E-state index contributed by atoms with van der Waals surface area (Å²) in [7, 11) is 0. The second-order valence-corrected chi connectivity index (χ2v) is 12.9. The average Bonchev–Trinajstić information content (AvgIpc) is 3.19. The van der Waals surface area contributed by atoms with Gasteiger partial charge in [0.2, 0.25) is 11.6 Å². The number of phenols is 2. The number of ketones is 2. The van der Waals surface area contributed by atoms with Crippen LogP contribution in [0.3, 0.4) is 0 Å². The number of hydrogen-bond acceptors (Lipinski definition) is 11. The van der Waals surface area contributed by atoms with Crippen LogP contribution in [0.25, 0.3) is 0 Å². The smallest absolute Gasteiger partial charge is 0.202 e. The molecular weight excluding hydrogens is 680 g/mol. The van der Waals surface area contributed by atoms with Crippen molar-refractivity contribution in [1.82, 2.24) is 0 Å². The minimum atomic E-state index is -2.63. The van der Waals surface area contributed by atoms with Crippen molar-refractivity contribution in [3.8, 4) is 23.0 Å². The van der Waals surface area contributed by atoms with Crippen LogP contribution in [0.5, 0.6) is 23.0 Å². The van der Waals surface area contributed by atoms with E-state index in [0.29, 0.717) is 24.7 Å². The molecule has 6 N–H and O–H groups in total. The van der Waals surface area contributed by atoms with Crippen LogP contribution in [-0.2, 0) is 15.9 Å². The number of hydrogen-bond donors (Lipinski definition) is 6. The van der Waals surface area contributed by atoms with E-state index < -0.39 is 48.2 Å². The molecule has 0 aliphatic carbocycles. The van der Waals surface area contributed by atoms with E-state index in [-0.39, 0.29) is 33.8 Å². The second kappa shape index (κ2) is 19.3. The van der Waals surface area contributed by atoms with Crippen molar-refractivity contribution >= 4 is 11.6 Å². The number of unbranched alkanes of at least 4 members (excludes halogenated alkanes) is 4. The van der Waals surface area contributed by atoms with Crippen molar-refractivity contribution in [1.29, 1.82) is 0 Å². The van der Waals surface area contributed by atoms with E-state index in [1.165, 1.54) is 72.8 Å². The fraction of sp³-hybridized carbons (Fsp3) is 0.381. The quantitative estimate of drug-likeness (QED) is 0.0424. The summed E-state index contributed by atoms with van der Waals surface area (Å²) in [6, 6.07) is 22.3. The van der Waals surface area contributed by atoms with Gasteiger partial charge >= 0.3 is 0 Å². The van der Waals surface area contributed by atoms with Crippen LogP contribution < -0.4 is 9.47 Å². The molecule has 11 heteroatoms. The van der Waals surface area contributed by atoms with Crippen molar-refractivity contribution in [2.45, 2.75) is 75.8 Å². The maximum absolute atomic E-state index is 14.9. The largest absolute Gasteiger partial charge is 0.508 e. The molecule has 0 aromatic heterocycles. The predicted octanol–water partition coefficient (Wildman–Crippen LogP) is 5.82. The Labute approximate surface area is 310 Å². The number of benzene rings is 4. The van der Waals surface area contributed by atoms with Crippen molar-refractivity contribution < 1.29 is 54.4 Å². The van der Waals surface area contributed by atoms with Gasteiger partial charge in [-0.3, -0.25) is 9.59 Å². The van der Waals surface area contributed by atoms with Gasteiger partial charge in [0.15, 0.2) is 11.2 Å². The summed E-state index contributed by atoms with van der Waals surface area (Å²) in [5.41, 5.74) is -5.44. The Morgan fingerprint density at radius 3 is 1.19 bits per heavy atom. The van der Waals surface area contributed by atoms with Crippen LogP contribution in [-0.4, -0.2) is 80.8 Å². The van der Waals surface area contributed by atoms with Gasteiger partial charge < -0.3 is 44.8 Å². The van der Waals surface area contributed by atoms with Crippen LogP contribution in [0.15, 0.2) is 97.1 Å². The molecule has 11 nitrogen and oxygen atoms in total. The van der Waals surface area contributed by atoms with Gasteiger partial charge in [0.05, 0.1) is 26.4 Å². The third kappa shape index (κ3) is 9.42. The summed E-state index contributed by atoms with van der Waals surface area (Å²) >= 11 is 0. The average molecular weight is 731 g/mol. The zero-order valence-corrected chi connectivity index (χ0v) is 30.2. The van der Waals surface area contributed by atoms with E-state index in [0.717, 1.165) is 38.5 Å². The molecule has 0 heterocycles. The normalized spacial score (nSPS) is 14.8. The Morgan fingerprint density at radius 1 is 0.547 bits per heavy atom. The molecular formula is C42H50O11. The molecule has 0 saturated heterocycles. The molecule has 4 aromatic rings. The molecule has 0 bridgehead atoms. The highest BCUT2D eigenvalue weighted by Gasteiger charge is 2.59. The van der Waals surface area contributed by atoms with Gasteiger partial charge in [0.1, 0.15) is 35.2 Å². The summed E-state index contributed by atoms with van der Waals surface area (Å²) < 4.78 is 18.5.